The Bertz CT molecular complexity index is 1520. The molecule has 0 saturated carbocycles. The molecule has 3 nitrogen and oxygen atoms in total. The number of aromatic nitrogens is 2. The average molecular weight is 440 g/mol. The van der Waals surface area contributed by atoms with E-state index in [1.54, 1.807) is 6.20 Å². The van der Waals surface area contributed by atoms with Gasteiger partial charge in [0.15, 0.2) is 0 Å². The first-order chi connectivity index (χ1) is 16.1. The lowest BCUT2D eigenvalue weighted by atomic mass is 9.41. The van der Waals surface area contributed by atoms with Crippen molar-refractivity contribution in [1.82, 2.24) is 9.97 Å². The van der Waals surface area contributed by atoms with Crippen molar-refractivity contribution in [3.05, 3.63) is 83.6 Å². The van der Waals surface area contributed by atoms with Crippen molar-refractivity contribution < 1.29 is 4.42 Å². The number of nitrogens with zero attached hydrogens (tertiary/aromatic N) is 2. The Morgan fingerprint density at radius 1 is 0.794 bits per heavy atom. The molecule has 0 fully saturated rings. The van der Waals surface area contributed by atoms with E-state index in [-0.39, 0.29) is 5.41 Å². The van der Waals surface area contributed by atoms with Gasteiger partial charge in [0, 0.05) is 28.1 Å². The normalized spacial score (nSPS) is 12.5. The van der Waals surface area contributed by atoms with E-state index in [0.29, 0.717) is 5.71 Å². The van der Waals surface area contributed by atoms with Gasteiger partial charge in [0.2, 0.25) is 5.71 Å². The minimum atomic E-state index is -1.01. The van der Waals surface area contributed by atoms with Gasteiger partial charge in [-0.05, 0) is 60.7 Å². The van der Waals surface area contributed by atoms with Gasteiger partial charge in [-0.2, -0.15) is 0 Å². The maximum atomic E-state index is 6.55. The monoisotopic (exact) mass is 440 g/mol. The van der Waals surface area contributed by atoms with Crippen LogP contribution in [0.3, 0.4) is 0 Å². The zero-order chi connectivity index (χ0) is 24.3. The van der Waals surface area contributed by atoms with Gasteiger partial charge in [0.05, 0.1) is 27.1 Å². The van der Waals surface area contributed by atoms with Crippen molar-refractivity contribution in [3.63, 3.8) is 0 Å². The number of hydrogen-bond donors (Lipinski definition) is 0. The zero-order valence-electron chi connectivity index (χ0n) is 20.3. The molecule has 0 atom stereocenters. The highest BCUT2D eigenvalue weighted by Gasteiger charge is 2.33. The van der Waals surface area contributed by atoms with Gasteiger partial charge in [0.1, 0.15) is 5.58 Å². The number of pyridine rings is 2. The molecule has 3 aromatic heterocycles. The zero-order valence-corrected chi connectivity index (χ0v) is 20.3. The summed E-state index contributed by atoms with van der Waals surface area (Å²) in [7, 11) is 13.1. The van der Waals surface area contributed by atoms with Crippen molar-refractivity contribution >= 4 is 37.8 Å². The predicted molar refractivity (Wildman–Crippen MR) is 142 cm³/mol. The third-order valence-electron chi connectivity index (χ3n) is 6.86. The van der Waals surface area contributed by atoms with Crippen molar-refractivity contribution in [1.29, 1.82) is 0 Å². The van der Waals surface area contributed by atoms with Gasteiger partial charge in [-0.15, -0.1) is 0 Å². The largest absolute Gasteiger partial charge is 0.437 e. The van der Waals surface area contributed by atoms with Crippen LogP contribution in [0, 0.1) is 19.3 Å². The van der Waals surface area contributed by atoms with E-state index in [9.17, 15) is 0 Å². The Balaban J connectivity index is 1.68. The summed E-state index contributed by atoms with van der Waals surface area (Å²) in [5.41, 5.74) is 7.94. The SMILES string of the molecule is [B]C([B])(c1ccnc(-c2cccc3c2oc2nc(-c4c(C)cccc4C)ccc23)c1)C(C)(C)C. The molecule has 0 aliphatic carbocycles. The number of para-hydroxylation sites is 1. The summed E-state index contributed by atoms with van der Waals surface area (Å²) in [5.74, 6) is 0. The summed E-state index contributed by atoms with van der Waals surface area (Å²) in [6, 6.07) is 20.4. The van der Waals surface area contributed by atoms with Crippen LogP contribution < -0.4 is 0 Å². The fourth-order valence-electron chi connectivity index (χ4n) is 4.51. The highest BCUT2D eigenvalue weighted by atomic mass is 16.3. The first-order valence-electron chi connectivity index (χ1n) is 11.5. The second kappa shape index (κ2) is 7.87. The molecule has 0 N–H and O–H groups in total. The molecule has 4 radical (unpaired) electrons. The Hall–Kier alpha value is -3.33. The Morgan fingerprint density at radius 2 is 1.50 bits per heavy atom. The van der Waals surface area contributed by atoms with E-state index in [1.165, 1.54) is 11.1 Å². The molecule has 0 aliphatic heterocycles. The first kappa shape index (κ1) is 22.5. The summed E-state index contributed by atoms with van der Waals surface area (Å²) in [4.78, 5) is 9.52. The Labute approximate surface area is 203 Å². The smallest absolute Gasteiger partial charge is 0.227 e. The lowest BCUT2D eigenvalue weighted by Gasteiger charge is -2.40. The highest BCUT2D eigenvalue weighted by molar-refractivity contribution is 6.40. The molecule has 2 aromatic carbocycles. The molecule has 5 aromatic rings. The third kappa shape index (κ3) is 3.55. The molecule has 0 amide bonds. The maximum Gasteiger partial charge on any atom is 0.227 e. The van der Waals surface area contributed by atoms with Crippen LogP contribution in [-0.4, -0.2) is 25.7 Å². The highest BCUT2D eigenvalue weighted by Crippen LogP contribution is 2.39. The average Bonchev–Trinajstić information content (AvgIpc) is 3.16. The van der Waals surface area contributed by atoms with Crippen LogP contribution in [-0.2, 0) is 5.21 Å². The molecule has 0 bridgehead atoms. The molecular weight excluding hydrogens is 414 g/mol. The van der Waals surface area contributed by atoms with Gasteiger partial charge in [-0.1, -0.05) is 61.9 Å². The number of fused-ring (bicyclic) bond motifs is 3. The van der Waals surface area contributed by atoms with Gasteiger partial charge >= 0.3 is 0 Å². The molecule has 5 heteroatoms. The molecule has 0 saturated heterocycles. The van der Waals surface area contributed by atoms with Crippen LogP contribution >= 0.6 is 0 Å². The second-order valence-electron chi connectivity index (χ2n) is 10.1. The van der Waals surface area contributed by atoms with Gasteiger partial charge in [0.25, 0.3) is 0 Å². The van der Waals surface area contributed by atoms with E-state index in [4.69, 9.17) is 25.1 Å². The van der Waals surface area contributed by atoms with E-state index in [2.05, 4.69) is 55.2 Å². The minimum Gasteiger partial charge on any atom is -0.437 e. The standard InChI is InChI=1S/C29H26B2N2O/c1-17-8-6-9-18(2)25(17)23-13-12-21-20-10-7-11-22(26(20)34-27(21)33-23)24-16-19(14-15-32-24)29(30,31)28(3,4)5/h6-16H,1-5H3. The van der Waals surface area contributed by atoms with Crippen LogP contribution in [0.4, 0.5) is 0 Å². The van der Waals surface area contributed by atoms with E-state index < -0.39 is 5.21 Å². The Morgan fingerprint density at radius 3 is 2.21 bits per heavy atom. The van der Waals surface area contributed by atoms with Crippen LogP contribution in [0.25, 0.3) is 44.6 Å². The lowest BCUT2D eigenvalue weighted by Crippen LogP contribution is -2.41. The van der Waals surface area contributed by atoms with Gasteiger partial charge < -0.3 is 4.42 Å². The van der Waals surface area contributed by atoms with E-state index >= 15 is 0 Å². The number of aryl methyl sites for hydroxylation is 2. The van der Waals surface area contributed by atoms with Crippen LogP contribution in [0.2, 0.25) is 0 Å². The first-order valence-corrected chi connectivity index (χ1v) is 11.5. The van der Waals surface area contributed by atoms with Crippen LogP contribution in [0.1, 0.15) is 37.5 Å². The molecular formula is C29H26B2N2O. The molecule has 5 rings (SSSR count). The predicted octanol–water partition coefficient (Wildman–Crippen LogP) is 6.86. The molecule has 0 spiro atoms. The van der Waals surface area contributed by atoms with Crippen molar-refractivity contribution in [2.75, 3.05) is 0 Å². The fourth-order valence-corrected chi connectivity index (χ4v) is 4.51. The maximum absolute atomic E-state index is 6.55. The summed E-state index contributed by atoms with van der Waals surface area (Å²) in [5, 5.41) is 0.974. The molecule has 164 valence electrons. The van der Waals surface area contributed by atoms with Crippen LogP contribution in [0.15, 0.2) is 71.3 Å². The quantitative estimate of drug-likeness (QED) is 0.288. The molecule has 34 heavy (non-hydrogen) atoms. The van der Waals surface area contributed by atoms with Crippen LogP contribution in [0.5, 0.6) is 0 Å². The third-order valence-corrected chi connectivity index (χ3v) is 6.86. The van der Waals surface area contributed by atoms with E-state index in [0.717, 1.165) is 44.4 Å². The molecule has 3 heterocycles. The summed E-state index contributed by atoms with van der Waals surface area (Å²) in [6.07, 6.45) is 1.75. The summed E-state index contributed by atoms with van der Waals surface area (Å²) in [6.45, 7) is 10.3. The van der Waals surface area contributed by atoms with Crippen molar-refractivity contribution in [2.45, 2.75) is 39.8 Å². The van der Waals surface area contributed by atoms with E-state index in [1.807, 2.05) is 45.0 Å². The Kier molecular flexibility index (Phi) is 5.20. The number of benzene rings is 2. The molecule has 0 unspecified atom stereocenters. The minimum absolute atomic E-state index is 0.328. The summed E-state index contributed by atoms with van der Waals surface area (Å²) < 4.78 is 6.36. The number of rotatable bonds is 3. The lowest BCUT2D eigenvalue weighted by molar-refractivity contribution is 0.358. The second-order valence-corrected chi connectivity index (χ2v) is 10.1. The number of furan rings is 1. The fraction of sp³-hybridized carbons (Fsp3) is 0.241. The summed E-state index contributed by atoms with van der Waals surface area (Å²) >= 11 is 0. The number of hydrogen-bond acceptors (Lipinski definition) is 3. The van der Waals surface area contributed by atoms with Gasteiger partial charge in [-0.3, -0.25) is 4.98 Å². The van der Waals surface area contributed by atoms with Crippen molar-refractivity contribution in [3.8, 4) is 22.5 Å². The topological polar surface area (TPSA) is 38.9 Å². The van der Waals surface area contributed by atoms with Crippen molar-refractivity contribution in [2.24, 2.45) is 5.41 Å². The molecule has 0 aliphatic rings. The van der Waals surface area contributed by atoms with Gasteiger partial charge in [-0.25, -0.2) is 4.98 Å².